The van der Waals surface area contributed by atoms with E-state index in [0.29, 0.717) is 6.54 Å². The zero-order chi connectivity index (χ0) is 19.6. The second-order valence-electron chi connectivity index (χ2n) is 7.04. The Labute approximate surface area is 160 Å². The van der Waals surface area contributed by atoms with Gasteiger partial charge in [-0.2, -0.15) is 0 Å². The number of carbonyl (C=O) groups is 2. The van der Waals surface area contributed by atoms with Gasteiger partial charge in [0, 0.05) is 13.1 Å². The van der Waals surface area contributed by atoms with Crippen LogP contribution in [0.15, 0.2) is 53.1 Å². The number of benzene rings is 1. The van der Waals surface area contributed by atoms with E-state index in [-0.39, 0.29) is 23.5 Å². The number of nitrogens with one attached hydrogen (secondary N) is 2. The summed E-state index contributed by atoms with van der Waals surface area (Å²) in [5, 5.41) is 5.67. The lowest BCUT2D eigenvalue weighted by atomic mass is 10.0. The molecule has 2 N–H and O–H groups in total. The second-order valence-corrected chi connectivity index (χ2v) is 7.04. The van der Waals surface area contributed by atoms with Gasteiger partial charge in [-0.05, 0) is 43.6 Å². The molecule has 0 aliphatic carbocycles. The first-order valence-electron chi connectivity index (χ1n) is 9.32. The van der Waals surface area contributed by atoms with Crippen molar-refractivity contribution in [2.45, 2.75) is 32.9 Å². The topological polar surface area (TPSA) is 74.6 Å². The van der Waals surface area contributed by atoms with Gasteiger partial charge in [0.05, 0.1) is 6.26 Å². The molecule has 1 heterocycles. The van der Waals surface area contributed by atoms with E-state index < -0.39 is 6.04 Å². The van der Waals surface area contributed by atoms with E-state index in [9.17, 15) is 9.59 Å². The molecule has 146 valence electrons. The molecular formula is C21H29N3O3. The fourth-order valence-corrected chi connectivity index (χ4v) is 2.80. The minimum atomic E-state index is -0.593. The van der Waals surface area contributed by atoms with Crippen LogP contribution in [0.5, 0.6) is 0 Å². The van der Waals surface area contributed by atoms with Gasteiger partial charge in [0.1, 0.15) is 6.04 Å². The van der Waals surface area contributed by atoms with Crippen LogP contribution >= 0.6 is 0 Å². The molecule has 2 aromatic rings. The zero-order valence-corrected chi connectivity index (χ0v) is 16.3. The molecule has 2 amide bonds. The van der Waals surface area contributed by atoms with Crippen LogP contribution < -0.4 is 10.6 Å². The normalized spacial score (nSPS) is 12.2. The summed E-state index contributed by atoms with van der Waals surface area (Å²) in [4.78, 5) is 26.8. The average Bonchev–Trinajstić information content (AvgIpc) is 3.18. The van der Waals surface area contributed by atoms with Gasteiger partial charge in [0.15, 0.2) is 5.76 Å². The second kappa shape index (κ2) is 10.5. The highest BCUT2D eigenvalue weighted by molar-refractivity contribution is 5.95. The summed E-state index contributed by atoms with van der Waals surface area (Å²) in [6, 6.07) is 12.9. The Balaban J connectivity index is 1.72. The van der Waals surface area contributed by atoms with Gasteiger partial charge in [-0.3, -0.25) is 9.59 Å². The number of nitrogens with zero attached hydrogens (tertiary/aromatic N) is 1. The van der Waals surface area contributed by atoms with Crippen LogP contribution in [0, 0.1) is 5.92 Å². The summed E-state index contributed by atoms with van der Waals surface area (Å²) < 4.78 is 5.08. The maximum absolute atomic E-state index is 12.5. The number of furan rings is 1. The first-order chi connectivity index (χ1) is 13.0. The van der Waals surface area contributed by atoms with E-state index >= 15 is 0 Å². The van der Waals surface area contributed by atoms with Crippen molar-refractivity contribution < 1.29 is 14.0 Å². The first kappa shape index (κ1) is 20.7. The van der Waals surface area contributed by atoms with E-state index in [4.69, 9.17) is 4.42 Å². The third-order valence-corrected chi connectivity index (χ3v) is 4.29. The number of amides is 2. The van der Waals surface area contributed by atoms with Crippen LogP contribution in [0.1, 0.15) is 36.4 Å². The maximum atomic E-state index is 12.5. The summed E-state index contributed by atoms with van der Waals surface area (Å²) in [6.07, 6.45) is 2.28. The molecule has 1 atom stereocenters. The van der Waals surface area contributed by atoms with E-state index in [1.165, 1.54) is 11.8 Å². The van der Waals surface area contributed by atoms with Crippen LogP contribution in [-0.4, -0.2) is 42.9 Å². The Kier molecular flexibility index (Phi) is 8.07. The van der Waals surface area contributed by atoms with Gasteiger partial charge < -0.3 is 20.0 Å². The molecule has 2 rings (SSSR count). The van der Waals surface area contributed by atoms with Crippen molar-refractivity contribution >= 4 is 11.8 Å². The molecule has 1 unspecified atom stereocenters. The molecule has 6 heteroatoms. The van der Waals surface area contributed by atoms with Gasteiger partial charge in [0.25, 0.3) is 5.91 Å². The minimum absolute atomic E-state index is 0.0235. The van der Waals surface area contributed by atoms with E-state index in [2.05, 4.69) is 34.7 Å². The van der Waals surface area contributed by atoms with Crippen LogP contribution in [0.25, 0.3) is 0 Å². The molecule has 1 aromatic carbocycles. The number of rotatable bonds is 10. The van der Waals surface area contributed by atoms with E-state index in [1.54, 1.807) is 12.1 Å². The Morgan fingerprint density at radius 1 is 1.11 bits per heavy atom. The molecule has 27 heavy (non-hydrogen) atoms. The molecule has 0 spiro atoms. The van der Waals surface area contributed by atoms with Gasteiger partial charge >= 0.3 is 0 Å². The molecule has 0 saturated heterocycles. The molecular weight excluding hydrogens is 342 g/mol. The summed E-state index contributed by atoms with van der Waals surface area (Å²) in [5.74, 6) is -0.368. The lowest BCUT2D eigenvalue weighted by Gasteiger charge is -2.22. The molecule has 0 saturated carbocycles. The SMILES string of the molecule is CC(C)C(NC(=O)c1ccco1)C(=O)NCCCN(C)Cc1ccccc1. The summed E-state index contributed by atoms with van der Waals surface area (Å²) in [7, 11) is 2.06. The van der Waals surface area contributed by atoms with Crippen molar-refractivity contribution in [1.29, 1.82) is 0 Å². The smallest absolute Gasteiger partial charge is 0.287 e. The standard InChI is InChI=1S/C21H29N3O3/c1-16(2)19(23-20(25)18-11-7-14-27-18)21(26)22-12-8-13-24(3)15-17-9-5-4-6-10-17/h4-7,9-11,14,16,19H,8,12-13,15H2,1-3H3,(H,22,26)(H,23,25). The lowest BCUT2D eigenvalue weighted by molar-refractivity contribution is -0.123. The van der Waals surface area contributed by atoms with Crippen molar-refractivity contribution in [3.63, 3.8) is 0 Å². The van der Waals surface area contributed by atoms with Crippen LogP contribution in [-0.2, 0) is 11.3 Å². The Morgan fingerprint density at radius 3 is 2.48 bits per heavy atom. The van der Waals surface area contributed by atoms with Gasteiger partial charge in [-0.1, -0.05) is 44.2 Å². The molecule has 1 aromatic heterocycles. The van der Waals surface area contributed by atoms with Crippen molar-refractivity contribution in [3.05, 3.63) is 60.1 Å². The van der Waals surface area contributed by atoms with Crippen molar-refractivity contribution in [3.8, 4) is 0 Å². The average molecular weight is 371 g/mol. The minimum Gasteiger partial charge on any atom is -0.459 e. The largest absolute Gasteiger partial charge is 0.459 e. The first-order valence-corrected chi connectivity index (χ1v) is 9.32. The zero-order valence-electron chi connectivity index (χ0n) is 16.3. The fraction of sp³-hybridized carbons (Fsp3) is 0.429. The fourth-order valence-electron chi connectivity index (χ4n) is 2.80. The molecule has 0 aliphatic rings. The quantitative estimate of drug-likeness (QED) is 0.630. The molecule has 0 fully saturated rings. The molecule has 0 aliphatic heterocycles. The number of hydrogen-bond acceptors (Lipinski definition) is 4. The van der Waals surface area contributed by atoms with Crippen molar-refractivity contribution in [2.24, 2.45) is 5.92 Å². The van der Waals surface area contributed by atoms with Crippen LogP contribution in [0.4, 0.5) is 0 Å². The highest BCUT2D eigenvalue weighted by Gasteiger charge is 2.25. The third-order valence-electron chi connectivity index (χ3n) is 4.29. The highest BCUT2D eigenvalue weighted by atomic mass is 16.3. The predicted octanol–water partition coefficient (Wildman–Crippen LogP) is 2.67. The van der Waals surface area contributed by atoms with Crippen LogP contribution in [0.2, 0.25) is 0 Å². The van der Waals surface area contributed by atoms with Gasteiger partial charge in [-0.25, -0.2) is 0 Å². The Bertz CT molecular complexity index is 699. The molecule has 0 bridgehead atoms. The predicted molar refractivity (Wildman–Crippen MR) is 105 cm³/mol. The highest BCUT2D eigenvalue weighted by Crippen LogP contribution is 2.06. The monoisotopic (exact) mass is 371 g/mol. The summed E-state index contributed by atoms with van der Waals surface area (Å²) >= 11 is 0. The Morgan fingerprint density at radius 2 is 1.85 bits per heavy atom. The number of carbonyl (C=O) groups excluding carboxylic acids is 2. The lowest BCUT2D eigenvalue weighted by Crippen LogP contribution is -2.50. The summed E-state index contributed by atoms with van der Waals surface area (Å²) in [5.41, 5.74) is 1.27. The van der Waals surface area contributed by atoms with Gasteiger partial charge in [0.2, 0.25) is 5.91 Å². The maximum Gasteiger partial charge on any atom is 0.287 e. The van der Waals surface area contributed by atoms with Crippen molar-refractivity contribution in [2.75, 3.05) is 20.1 Å². The van der Waals surface area contributed by atoms with E-state index in [0.717, 1.165) is 19.5 Å². The molecule has 0 radical (unpaired) electrons. The third kappa shape index (κ3) is 6.90. The van der Waals surface area contributed by atoms with E-state index in [1.807, 2.05) is 32.0 Å². The van der Waals surface area contributed by atoms with Crippen molar-refractivity contribution in [1.82, 2.24) is 15.5 Å². The van der Waals surface area contributed by atoms with Gasteiger partial charge in [-0.15, -0.1) is 0 Å². The summed E-state index contributed by atoms with van der Waals surface area (Å²) in [6.45, 7) is 6.13. The molecule has 6 nitrogen and oxygen atoms in total. The van der Waals surface area contributed by atoms with Crippen LogP contribution in [0.3, 0.4) is 0 Å². The number of hydrogen-bond donors (Lipinski definition) is 2. The Hall–Kier alpha value is -2.60.